The fourth-order valence-corrected chi connectivity index (χ4v) is 2.82. The van der Waals surface area contributed by atoms with Gasteiger partial charge in [-0.3, -0.25) is 4.98 Å². The first-order valence-corrected chi connectivity index (χ1v) is 7.85. The molecule has 0 aliphatic carbocycles. The van der Waals surface area contributed by atoms with Crippen LogP contribution in [0.15, 0.2) is 47.6 Å². The monoisotopic (exact) mass is 306 g/mol. The standard InChI is InChI=1S/C14H18N4O2S/c1-16-21(19,20)14-6-5-12(8-13(14)15)18(2)10-11-4-3-7-17-9-11/h3-9,16H,10,15H2,1-2H3. The maximum Gasteiger partial charge on any atom is 0.242 e. The number of hydrogen-bond acceptors (Lipinski definition) is 5. The minimum absolute atomic E-state index is 0.0866. The van der Waals surface area contributed by atoms with Gasteiger partial charge in [-0.15, -0.1) is 0 Å². The van der Waals surface area contributed by atoms with E-state index in [-0.39, 0.29) is 10.6 Å². The fourth-order valence-electron chi connectivity index (χ4n) is 1.98. The van der Waals surface area contributed by atoms with Crippen molar-refractivity contribution in [1.29, 1.82) is 0 Å². The van der Waals surface area contributed by atoms with Crippen LogP contribution in [-0.4, -0.2) is 27.5 Å². The van der Waals surface area contributed by atoms with Crippen molar-refractivity contribution in [2.45, 2.75) is 11.4 Å². The van der Waals surface area contributed by atoms with Crippen molar-refractivity contribution in [2.24, 2.45) is 0 Å². The molecule has 21 heavy (non-hydrogen) atoms. The first kappa shape index (κ1) is 15.3. The van der Waals surface area contributed by atoms with Crippen LogP contribution in [0.3, 0.4) is 0 Å². The minimum Gasteiger partial charge on any atom is -0.398 e. The van der Waals surface area contributed by atoms with Crippen LogP contribution in [0.5, 0.6) is 0 Å². The van der Waals surface area contributed by atoms with Gasteiger partial charge in [-0.2, -0.15) is 0 Å². The molecule has 6 nitrogen and oxygen atoms in total. The number of anilines is 2. The third-order valence-electron chi connectivity index (χ3n) is 3.13. The second-order valence-corrected chi connectivity index (χ2v) is 6.50. The molecule has 0 bridgehead atoms. The molecule has 2 aromatic rings. The lowest BCUT2D eigenvalue weighted by Crippen LogP contribution is -2.21. The summed E-state index contributed by atoms with van der Waals surface area (Å²) >= 11 is 0. The largest absolute Gasteiger partial charge is 0.398 e. The molecular formula is C14H18N4O2S. The number of nitrogen functional groups attached to an aromatic ring is 1. The van der Waals surface area contributed by atoms with Gasteiger partial charge < -0.3 is 10.6 Å². The molecule has 0 amide bonds. The van der Waals surface area contributed by atoms with Crippen molar-refractivity contribution in [3.8, 4) is 0 Å². The highest BCUT2D eigenvalue weighted by atomic mass is 32.2. The summed E-state index contributed by atoms with van der Waals surface area (Å²) in [6.07, 6.45) is 3.51. The Morgan fingerprint density at radius 3 is 2.67 bits per heavy atom. The molecule has 1 aromatic carbocycles. The predicted molar refractivity (Wildman–Crippen MR) is 83.4 cm³/mol. The Hall–Kier alpha value is -2.12. The third-order valence-corrected chi connectivity index (χ3v) is 4.62. The highest BCUT2D eigenvalue weighted by molar-refractivity contribution is 7.89. The number of sulfonamides is 1. The number of rotatable bonds is 5. The van der Waals surface area contributed by atoms with Gasteiger partial charge >= 0.3 is 0 Å². The van der Waals surface area contributed by atoms with Crippen LogP contribution in [0.1, 0.15) is 5.56 Å². The van der Waals surface area contributed by atoms with Crippen LogP contribution in [0, 0.1) is 0 Å². The average molecular weight is 306 g/mol. The van der Waals surface area contributed by atoms with Crippen molar-refractivity contribution >= 4 is 21.4 Å². The van der Waals surface area contributed by atoms with Gasteiger partial charge in [0.05, 0.1) is 5.69 Å². The van der Waals surface area contributed by atoms with E-state index in [2.05, 4.69) is 9.71 Å². The second-order valence-electron chi connectivity index (χ2n) is 4.65. The Morgan fingerprint density at radius 1 is 1.33 bits per heavy atom. The van der Waals surface area contributed by atoms with Gasteiger partial charge in [-0.1, -0.05) is 6.07 Å². The van der Waals surface area contributed by atoms with E-state index in [4.69, 9.17) is 5.73 Å². The molecular weight excluding hydrogens is 288 g/mol. The summed E-state index contributed by atoms with van der Waals surface area (Å²) in [5.74, 6) is 0. The van der Waals surface area contributed by atoms with Crippen molar-refractivity contribution in [3.63, 3.8) is 0 Å². The molecule has 0 unspecified atom stereocenters. The Labute approximate surface area is 124 Å². The van der Waals surface area contributed by atoms with E-state index in [0.29, 0.717) is 6.54 Å². The van der Waals surface area contributed by atoms with Gasteiger partial charge in [-0.25, -0.2) is 13.1 Å². The summed E-state index contributed by atoms with van der Waals surface area (Å²) in [6, 6.07) is 8.75. The number of benzene rings is 1. The van der Waals surface area contributed by atoms with E-state index in [1.54, 1.807) is 24.5 Å². The van der Waals surface area contributed by atoms with Crippen molar-refractivity contribution in [3.05, 3.63) is 48.3 Å². The van der Waals surface area contributed by atoms with E-state index < -0.39 is 10.0 Å². The molecule has 0 aliphatic rings. The smallest absolute Gasteiger partial charge is 0.242 e. The lowest BCUT2D eigenvalue weighted by Gasteiger charge is -2.20. The Balaban J connectivity index is 2.24. The maximum atomic E-state index is 11.8. The number of nitrogens with zero attached hydrogens (tertiary/aromatic N) is 2. The molecule has 0 aliphatic heterocycles. The lowest BCUT2D eigenvalue weighted by molar-refractivity contribution is 0.588. The molecule has 1 heterocycles. The highest BCUT2D eigenvalue weighted by Crippen LogP contribution is 2.25. The second kappa shape index (κ2) is 6.11. The van der Waals surface area contributed by atoms with E-state index in [0.717, 1.165) is 11.3 Å². The van der Waals surface area contributed by atoms with Gasteiger partial charge in [-0.05, 0) is 36.9 Å². The molecule has 0 fully saturated rings. The van der Waals surface area contributed by atoms with Crippen LogP contribution in [0.2, 0.25) is 0 Å². The molecule has 0 radical (unpaired) electrons. The van der Waals surface area contributed by atoms with E-state index in [9.17, 15) is 8.42 Å². The van der Waals surface area contributed by atoms with Gasteiger partial charge in [0.2, 0.25) is 10.0 Å². The fraction of sp³-hybridized carbons (Fsp3) is 0.214. The molecule has 0 atom stereocenters. The lowest BCUT2D eigenvalue weighted by atomic mass is 10.2. The molecule has 0 saturated heterocycles. The minimum atomic E-state index is -3.53. The van der Waals surface area contributed by atoms with Crippen LogP contribution in [-0.2, 0) is 16.6 Å². The first-order chi connectivity index (χ1) is 9.94. The van der Waals surface area contributed by atoms with Gasteiger partial charge in [0.25, 0.3) is 0 Å². The molecule has 112 valence electrons. The molecule has 0 saturated carbocycles. The molecule has 0 spiro atoms. The molecule has 2 rings (SSSR count). The quantitative estimate of drug-likeness (QED) is 0.811. The molecule has 3 N–H and O–H groups in total. The number of hydrogen-bond donors (Lipinski definition) is 2. The van der Waals surface area contributed by atoms with Crippen LogP contribution < -0.4 is 15.4 Å². The summed E-state index contributed by atoms with van der Waals surface area (Å²) in [4.78, 5) is 6.13. The van der Waals surface area contributed by atoms with E-state index in [1.165, 1.54) is 13.1 Å². The average Bonchev–Trinajstić information content (AvgIpc) is 2.48. The number of aromatic nitrogens is 1. The summed E-state index contributed by atoms with van der Waals surface area (Å²) in [5.41, 5.74) is 7.98. The maximum absolute atomic E-state index is 11.8. The van der Waals surface area contributed by atoms with Gasteiger partial charge in [0.15, 0.2) is 0 Å². The van der Waals surface area contributed by atoms with Gasteiger partial charge in [0, 0.05) is 31.7 Å². The topological polar surface area (TPSA) is 88.3 Å². The zero-order valence-corrected chi connectivity index (χ0v) is 12.8. The van der Waals surface area contributed by atoms with Crippen molar-refractivity contribution in [1.82, 2.24) is 9.71 Å². The van der Waals surface area contributed by atoms with Crippen LogP contribution in [0.4, 0.5) is 11.4 Å². The number of pyridine rings is 1. The molecule has 7 heteroatoms. The van der Waals surface area contributed by atoms with E-state index >= 15 is 0 Å². The zero-order chi connectivity index (χ0) is 15.5. The SMILES string of the molecule is CNS(=O)(=O)c1ccc(N(C)Cc2cccnc2)cc1N. The summed E-state index contributed by atoms with van der Waals surface area (Å²) in [5, 5.41) is 0. The van der Waals surface area contributed by atoms with Crippen LogP contribution in [0.25, 0.3) is 0 Å². The van der Waals surface area contributed by atoms with Crippen LogP contribution >= 0.6 is 0 Å². The van der Waals surface area contributed by atoms with Gasteiger partial charge in [0.1, 0.15) is 4.90 Å². The Morgan fingerprint density at radius 2 is 2.10 bits per heavy atom. The molecule has 1 aromatic heterocycles. The van der Waals surface area contributed by atoms with Crippen molar-refractivity contribution in [2.75, 3.05) is 24.7 Å². The normalized spacial score (nSPS) is 11.3. The summed E-state index contributed by atoms with van der Waals surface area (Å²) < 4.78 is 25.8. The summed E-state index contributed by atoms with van der Waals surface area (Å²) in [6.45, 7) is 0.658. The van der Waals surface area contributed by atoms with E-state index in [1.807, 2.05) is 24.1 Å². The first-order valence-electron chi connectivity index (χ1n) is 6.37. The third kappa shape index (κ3) is 3.50. The number of nitrogens with two attached hydrogens (primary N) is 1. The highest BCUT2D eigenvalue weighted by Gasteiger charge is 2.16. The Bertz CT molecular complexity index is 717. The predicted octanol–water partition coefficient (Wildman–Crippen LogP) is 1.21. The zero-order valence-electron chi connectivity index (χ0n) is 11.9. The summed E-state index contributed by atoms with van der Waals surface area (Å²) in [7, 11) is -0.265. The Kier molecular flexibility index (Phi) is 4.44. The van der Waals surface area contributed by atoms with Crippen molar-refractivity contribution < 1.29 is 8.42 Å². The number of nitrogens with one attached hydrogen (secondary N) is 1.